The maximum Gasteiger partial charge on any atom is 3.00 e. The molecule has 0 amide bonds. The van der Waals surface area contributed by atoms with Crippen LogP contribution in [0.15, 0.2) is 0 Å². The van der Waals surface area contributed by atoms with Gasteiger partial charge >= 0.3 is 46.9 Å². The van der Waals surface area contributed by atoms with Crippen LogP contribution < -0.4 is 29.6 Å². The molecule has 0 aliphatic rings. The number of hydrogen-bond acceptors (Lipinski definition) is 4. The van der Waals surface area contributed by atoms with Crippen molar-refractivity contribution in [3.05, 3.63) is 0 Å². The van der Waals surface area contributed by atoms with Gasteiger partial charge in [-0.15, -0.1) is 0 Å². The van der Waals surface area contributed by atoms with Crippen molar-refractivity contribution in [1.82, 2.24) is 0 Å². The number of hydrogen-bond donors (Lipinski definition) is 0. The molecule has 0 aromatic carbocycles. The third kappa shape index (κ3) is 110. The van der Waals surface area contributed by atoms with Crippen molar-refractivity contribution in [3.63, 3.8) is 0 Å². The molecule has 0 rings (SSSR count). The molecular weight excluding hydrogens is 146 g/mol. The topological polar surface area (TPSA) is 80.3 Å². The van der Waals surface area contributed by atoms with Crippen molar-refractivity contribution in [2.75, 3.05) is 0 Å². The van der Waals surface area contributed by atoms with Crippen molar-refractivity contribution in [2.24, 2.45) is 0 Å². The average Bonchev–Trinajstić information content (AvgIpc) is 0.722. The van der Waals surface area contributed by atoms with Gasteiger partial charge < -0.3 is 9.11 Å². The second-order valence-electron chi connectivity index (χ2n) is 0.408. The van der Waals surface area contributed by atoms with E-state index in [2.05, 4.69) is 0 Å². The molecule has 0 heterocycles. The van der Waals surface area contributed by atoms with Crippen LogP contribution in [0.3, 0.4) is 0 Å². The van der Waals surface area contributed by atoms with Crippen LogP contribution in [0.1, 0.15) is 0 Å². The minimum atomic E-state index is -5.17. The molecule has 0 aliphatic heterocycles. The summed E-state index contributed by atoms with van der Waals surface area (Å²) >= 11 is 0. The van der Waals surface area contributed by atoms with E-state index in [-0.39, 0.29) is 46.9 Å². The van der Waals surface area contributed by atoms with Crippen molar-refractivity contribution in [1.29, 1.82) is 0 Å². The molecule has 7 heteroatoms. The van der Waals surface area contributed by atoms with Crippen molar-refractivity contribution in [2.45, 2.75) is 0 Å². The zero-order valence-corrected chi connectivity index (χ0v) is 7.59. The minimum Gasteiger partial charge on any atom is -0.759 e. The van der Waals surface area contributed by atoms with E-state index in [0.29, 0.717) is 0 Å². The van der Waals surface area contributed by atoms with Crippen LogP contribution in [-0.2, 0) is 10.4 Å². The summed E-state index contributed by atoms with van der Waals surface area (Å²) in [5.74, 6) is 0. The van der Waals surface area contributed by atoms with E-state index in [9.17, 15) is 0 Å². The van der Waals surface area contributed by atoms with Crippen LogP contribution >= 0.6 is 0 Å². The molecule has 0 aliphatic carbocycles. The summed E-state index contributed by atoms with van der Waals surface area (Å²) in [7, 11) is -5.17. The van der Waals surface area contributed by atoms with Crippen molar-refractivity contribution in [3.8, 4) is 0 Å². The molecule has 0 radical (unpaired) electrons. The summed E-state index contributed by atoms with van der Waals surface area (Å²) in [6.07, 6.45) is 0. The standard InChI is InChI=1S/Al.Na.H2O4S/c;;1-5(2,3)4/h;;(H2,1,2,3,4)/q+3;+1;/p-2. The van der Waals surface area contributed by atoms with Gasteiger partial charge in [-0.1, -0.05) is 0 Å². The molecule has 0 atom stereocenters. The molecular formula is AlNaO4S+2. The Morgan fingerprint density at radius 3 is 1.14 bits per heavy atom. The van der Waals surface area contributed by atoms with E-state index in [1.54, 1.807) is 0 Å². The smallest absolute Gasteiger partial charge is 0.759 e. The van der Waals surface area contributed by atoms with E-state index in [4.69, 9.17) is 17.5 Å². The van der Waals surface area contributed by atoms with Gasteiger partial charge in [0, 0.05) is 10.4 Å². The van der Waals surface area contributed by atoms with E-state index in [1.165, 1.54) is 0 Å². The van der Waals surface area contributed by atoms with Gasteiger partial charge in [0.05, 0.1) is 0 Å². The Hall–Kier alpha value is 1.40. The largest absolute Gasteiger partial charge is 3.00 e. The summed E-state index contributed by atoms with van der Waals surface area (Å²) < 4.78 is 34.1. The van der Waals surface area contributed by atoms with Gasteiger partial charge in [-0.05, 0) is 0 Å². The maximum absolute atomic E-state index is 8.52. The first-order chi connectivity index (χ1) is 2.00. The van der Waals surface area contributed by atoms with E-state index < -0.39 is 10.4 Å². The molecule has 0 spiro atoms. The van der Waals surface area contributed by atoms with Gasteiger partial charge in [-0.2, -0.15) is 0 Å². The van der Waals surface area contributed by atoms with Crippen LogP contribution in [0.2, 0.25) is 0 Å². The fraction of sp³-hybridized carbons (Fsp3) is 0. The van der Waals surface area contributed by atoms with Gasteiger partial charge in [0.1, 0.15) is 0 Å². The summed E-state index contributed by atoms with van der Waals surface area (Å²) in [5, 5.41) is 0. The first-order valence-electron chi connectivity index (χ1n) is 0.667. The first kappa shape index (κ1) is 15.8. The normalized spacial score (nSPS) is 8.29. The SMILES string of the molecule is O=S(=O)([O-])[O-].[Al+3].[Na+]. The van der Waals surface area contributed by atoms with Gasteiger partial charge in [0.2, 0.25) is 0 Å². The average molecular weight is 146 g/mol. The second-order valence-corrected chi connectivity index (χ2v) is 1.22. The van der Waals surface area contributed by atoms with Crippen LogP contribution in [0.5, 0.6) is 0 Å². The van der Waals surface area contributed by atoms with Gasteiger partial charge in [-0.25, -0.2) is 0 Å². The Labute approximate surface area is 74.3 Å². The van der Waals surface area contributed by atoms with Crippen LogP contribution in [0.4, 0.5) is 0 Å². The fourth-order valence-corrected chi connectivity index (χ4v) is 0. The molecule has 0 saturated carbocycles. The Morgan fingerprint density at radius 2 is 1.14 bits per heavy atom. The summed E-state index contributed by atoms with van der Waals surface area (Å²) in [4.78, 5) is 0. The van der Waals surface area contributed by atoms with E-state index in [1.807, 2.05) is 0 Å². The van der Waals surface area contributed by atoms with Crippen molar-refractivity contribution < 1.29 is 47.1 Å². The third-order valence-corrected chi connectivity index (χ3v) is 0. The molecule has 0 fully saturated rings. The zero-order chi connectivity index (χ0) is 4.50. The predicted molar refractivity (Wildman–Crippen MR) is 16.2 cm³/mol. The Morgan fingerprint density at radius 1 is 1.14 bits per heavy atom. The number of rotatable bonds is 0. The monoisotopic (exact) mass is 146 g/mol. The molecule has 0 aromatic heterocycles. The Kier molecular flexibility index (Phi) is 12.5. The van der Waals surface area contributed by atoms with Gasteiger partial charge in [-0.3, -0.25) is 8.42 Å². The minimum absolute atomic E-state index is 0. The Bertz CT molecular complexity index is 94.9. The van der Waals surface area contributed by atoms with E-state index >= 15 is 0 Å². The molecule has 4 nitrogen and oxygen atoms in total. The first-order valence-corrected chi connectivity index (χ1v) is 2.00. The zero-order valence-electron chi connectivity index (χ0n) is 3.62. The van der Waals surface area contributed by atoms with Crippen LogP contribution in [0.25, 0.3) is 0 Å². The molecule has 0 unspecified atom stereocenters. The quantitative estimate of drug-likeness (QED) is 0.195. The Balaban J connectivity index is -0.0000000800. The third-order valence-electron chi connectivity index (χ3n) is 0. The molecule has 0 aromatic rings. The molecule has 0 saturated heterocycles. The second kappa shape index (κ2) is 5.54. The summed E-state index contributed by atoms with van der Waals surface area (Å²) in [5.41, 5.74) is 0. The van der Waals surface area contributed by atoms with E-state index in [0.717, 1.165) is 0 Å². The van der Waals surface area contributed by atoms with Crippen molar-refractivity contribution >= 4 is 27.8 Å². The van der Waals surface area contributed by atoms with Crippen LogP contribution in [0, 0.1) is 0 Å². The molecule has 0 N–H and O–H groups in total. The maximum atomic E-state index is 8.52. The predicted octanol–water partition coefficient (Wildman–Crippen LogP) is -4.71. The molecule has 7 heavy (non-hydrogen) atoms. The molecule has 32 valence electrons. The summed E-state index contributed by atoms with van der Waals surface area (Å²) in [6, 6.07) is 0. The fourth-order valence-electron chi connectivity index (χ4n) is 0. The molecule has 0 bridgehead atoms. The van der Waals surface area contributed by atoms with Gasteiger partial charge in [0.15, 0.2) is 0 Å². The van der Waals surface area contributed by atoms with Gasteiger partial charge in [0.25, 0.3) is 0 Å². The summed E-state index contributed by atoms with van der Waals surface area (Å²) in [6.45, 7) is 0. The van der Waals surface area contributed by atoms with Crippen LogP contribution in [-0.4, -0.2) is 34.9 Å².